The zero-order valence-corrected chi connectivity index (χ0v) is 13.7. The van der Waals surface area contributed by atoms with Crippen LogP contribution in [0.5, 0.6) is 0 Å². The summed E-state index contributed by atoms with van der Waals surface area (Å²) in [5.41, 5.74) is 4.29. The summed E-state index contributed by atoms with van der Waals surface area (Å²) in [6.07, 6.45) is 2.10. The highest BCUT2D eigenvalue weighted by Crippen LogP contribution is 2.22. The molecule has 1 unspecified atom stereocenters. The Morgan fingerprint density at radius 1 is 1.05 bits per heavy atom. The topological polar surface area (TPSA) is 38.0 Å². The van der Waals surface area contributed by atoms with Gasteiger partial charge in [0, 0.05) is 21.2 Å². The third-order valence-corrected chi connectivity index (χ3v) is 4.83. The summed E-state index contributed by atoms with van der Waals surface area (Å²) >= 11 is 5.28. The maximum Gasteiger partial charge on any atom is 0.0307 e. The number of rotatable bonds is 7. The van der Waals surface area contributed by atoms with Crippen LogP contribution >= 0.6 is 27.7 Å². The van der Waals surface area contributed by atoms with Gasteiger partial charge in [0.25, 0.3) is 0 Å². The summed E-state index contributed by atoms with van der Waals surface area (Å²) < 4.78 is 1.11. The zero-order chi connectivity index (χ0) is 14.2. The Hall–Kier alpha value is -0.810. The molecule has 0 saturated carbocycles. The predicted octanol–water partition coefficient (Wildman–Crippen LogP) is 4.01. The fourth-order valence-corrected chi connectivity index (χ4v) is 3.18. The molecule has 1 atom stereocenters. The zero-order valence-electron chi connectivity index (χ0n) is 11.3. The van der Waals surface area contributed by atoms with E-state index < -0.39 is 0 Å². The number of hydrazine groups is 1. The highest BCUT2D eigenvalue weighted by molar-refractivity contribution is 9.10. The second-order valence-corrected chi connectivity index (χ2v) is 6.66. The molecule has 0 radical (unpaired) electrons. The van der Waals surface area contributed by atoms with Crippen molar-refractivity contribution < 1.29 is 0 Å². The summed E-state index contributed by atoms with van der Waals surface area (Å²) in [7, 11) is 0. The molecule has 0 bridgehead atoms. The van der Waals surface area contributed by atoms with E-state index in [2.05, 4.69) is 69.9 Å². The Morgan fingerprint density at radius 3 is 2.40 bits per heavy atom. The smallest absolute Gasteiger partial charge is 0.0307 e. The standard InChI is InChI=1S/C16H19BrN2S/c17-14-7-10-16(11-8-14)20-12-15(19-18)9-6-13-4-2-1-3-5-13/h1-5,7-8,10-11,15,19H,6,9,12,18H2. The van der Waals surface area contributed by atoms with Crippen LogP contribution in [0, 0.1) is 0 Å². The number of benzene rings is 2. The number of halogens is 1. The van der Waals surface area contributed by atoms with Crippen LogP contribution in [0.2, 0.25) is 0 Å². The van der Waals surface area contributed by atoms with Crippen molar-refractivity contribution in [1.29, 1.82) is 0 Å². The van der Waals surface area contributed by atoms with Crippen molar-refractivity contribution in [2.45, 2.75) is 23.8 Å². The molecule has 0 aliphatic rings. The molecule has 0 heterocycles. The van der Waals surface area contributed by atoms with Gasteiger partial charge in [0.1, 0.15) is 0 Å². The molecule has 0 saturated heterocycles. The summed E-state index contributed by atoms with van der Waals surface area (Å²) in [4.78, 5) is 1.27. The van der Waals surface area contributed by atoms with E-state index in [1.165, 1.54) is 10.5 Å². The van der Waals surface area contributed by atoms with Gasteiger partial charge in [0.2, 0.25) is 0 Å². The number of hydrogen-bond donors (Lipinski definition) is 2. The summed E-state index contributed by atoms with van der Waals surface area (Å²) in [6.45, 7) is 0. The third-order valence-electron chi connectivity index (χ3n) is 3.12. The molecule has 0 aliphatic carbocycles. The first-order valence-electron chi connectivity index (χ1n) is 6.66. The van der Waals surface area contributed by atoms with Gasteiger partial charge in [-0.05, 0) is 42.7 Å². The van der Waals surface area contributed by atoms with Crippen molar-refractivity contribution in [1.82, 2.24) is 5.43 Å². The van der Waals surface area contributed by atoms with Gasteiger partial charge in [-0.2, -0.15) is 0 Å². The maximum absolute atomic E-state index is 5.65. The molecule has 0 amide bonds. The van der Waals surface area contributed by atoms with E-state index in [0.29, 0.717) is 6.04 Å². The van der Waals surface area contributed by atoms with E-state index in [1.54, 1.807) is 0 Å². The van der Waals surface area contributed by atoms with Crippen molar-refractivity contribution in [2.75, 3.05) is 5.75 Å². The van der Waals surface area contributed by atoms with Crippen molar-refractivity contribution >= 4 is 27.7 Å². The highest BCUT2D eigenvalue weighted by Gasteiger charge is 2.07. The van der Waals surface area contributed by atoms with Crippen LogP contribution in [0.1, 0.15) is 12.0 Å². The van der Waals surface area contributed by atoms with Gasteiger partial charge in [-0.3, -0.25) is 11.3 Å². The van der Waals surface area contributed by atoms with Gasteiger partial charge in [-0.15, -0.1) is 11.8 Å². The summed E-state index contributed by atoms with van der Waals surface area (Å²) in [5.74, 6) is 6.63. The van der Waals surface area contributed by atoms with Gasteiger partial charge in [0.15, 0.2) is 0 Å². The van der Waals surface area contributed by atoms with Crippen LogP contribution in [0.15, 0.2) is 64.0 Å². The van der Waals surface area contributed by atoms with E-state index in [4.69, 9.17) is 5.84 Å². The minimum absolute atomic E-state index is 0.323. The molecular weight excluding hydrogens is 332 g/mol. The Labute approximate surface area is 133 Å². The lowest BCUT2D eigenvalue weighted by atomic mass is 10.1. The molecule has 0 spiro atoms. The lowest BCUT2D eigenvalue weighted by Crippen LogP contribution is -2.37. The summed E-state index contributed by atoms with van der Waals surface area (Å²) in [6, 6.07) is 19.2. The number of nitrogens with two attached hydrogens (primary N) is 1. The monoisotopic (exact) mass is 350 g/mol. The maximum atomic E-state index is 5.65. The average Bonchev–Trinajstić information content (AvgIpc) is 2.50. The molecule has 0 fully saturated rings. The Bertz CT molecular complexity index is 502. The molecule has 20 heavy (non-hydrogen) atoms. The van der Waals surface area contributed by atoms with Gasteiger partial charge < -0.3 is 0 Å². The van der Waals surface area contributed by atoms with E-state index in [9.17, 15) is 0 Å². The van der Waals surface area contributed by atoms with Crippen LogP contribution < -0.4 is 11.3 Å². The van der Waals surface area contributed by atoms with E-state index in [1.807, 2.05) is 17.8 Å². The summed E-state index contributed by atoms with van der Waals surface area (Å²) in [5, 5.41) is 0. The first kappa shape index (κ1) is 15.6. The first-order chi connectivity index (χ1) is 9.78. The van der Waals surface area contributed by atoms with Gasteiger partial charge in [-0.1, -0.05) is 46.3 Å². The molecule has 2 nitrogen and oxygen atoms in total. The SMILES string of the molecule is NNC(CCc1ccccc1)CSc1ccc(Br)cc1. The molecule has 0 aliphatic heterocycles. The normalized spacial score (nSPS) is 12.3. The Morgan fingerprint density at radius 2 is 1.75 bits per heavy atom. The minimum atomic E-state index is 0.323. The molecule has 0 aromatic heterocycles. The largest absolute Gasteiger partial charge is 0.271 e. The quantitative estimate of drug-likeness (QED) is 0.450. The third kappa shape index (κ3) is 5.29. The highest BCUT2D eigenvalue weighted by atomic mass is 79.9. The van der Waals surface area contributed by atoms with Crippen molar-refractivity contribution in [2.24, 2.45) is 5.84 Å². The van der Waals surface area contributed by atoms with Crippen LogP contribution in [0.3, 0.4) is 0 Å². The molecule has 2 aromatic carbocycles. The molecule has 3 N–H and O–H groups in total. The molecule has 106 valence electrons. The Balaban J connectivity index is 1.79. The van der Waals surface area contributed by atoms with E-state index >= 15 is 0 Å². The van der Waals surface area contributed by atoms with Crippen LogP contribution in [0.4, 0.5) is 0 Å². The van der Waals surface area contributed by atoms with Gasteiger partial charge in [0.05, 0.1) is 0 Å². The average molecular weight is 351 g/mol. The van der Waals surface area contributed by atoms with E-state index in [0.717, 1.165) is 23.1 Å². The van der Waals surface area contributed by atoms with Crippen LogP contribution in [0.25, 0.3) is 0 Å². The van der Waals surface area contributed by atoms with E-state index in [-0.39, 0.29) is 0 Å². The molecule has 4 heteroatoms. The van der Waals surface area contributed by atoms with Gasteiger partial charge >= 0.3 is 0 Å². The second kappa shape index (κ2) is 8.47. The molecule has 2 aromatic rings. The van der Waals surface area contributed by atoms with Crippen LogP contribution in [-0.2, 0) is 6.42 Å². The van der Waals surface area contributed by atoms with Crippen molar-refractivity contribution in [3.63, 3.8) is 0 Å². The van der Waals surface area contributed by atoms with Crippen molar-refractivity contribution in [3.8, 4) is 0 Å². The molecular formula is C16H19BrN2S. The molecule has 2 rings (SSSR count). The fourth-order valence-electron chi connectivity index (χ4n) is 1.93. The number of thioether (sulfide) groups is 1. The number of nitrogens with one attached hydrogen (secondary N) is 1. The van der Waals surface area contributed by atoms with Gasteiger partial charge in [-0.25, -0.2) is 0 Å². The lowest BCUT2D eigenvalue weighted by Gasteiger charge is -2.15. The fraction of sp³-hybridized carbons (Fsp3) is 0.250. The number of hydrogen-bond acceptors (Lipinski definition) is 3. The second-order valence-electron chi connectivity index (χ2n) is 4.65. The predicted molar refractivity (Wildman–Crippen MR) is 90.7 cm³/mol. The Kier molecular flexibility index (Phi) is 6.60. The van der Waals surface area contributed by atoms with Crippen LogP contribution in [-0.4, -0.2) is 11.8 Å². The number of aryl methyl sites for hydroxylation is 1. The minimum Gasteiger partial charge on any atom is -0.271 e. The first-order valence-corrected chi connectivity index (χ1v) is 8.44. The van der Waals surface area contributed by atoms with Crippen molar-refractivity contribution in [3.05, 3.63) is 64.6 Å². The lowest BCUT2D eigenvalue weighted by molar-refractivity contribution is 0.539.